The summed E-state index contributed by atoms with van der Waals surface area (Å²) < 4.78 is 0. The zero-order chi connectivity index (χ0) is 20.7. The van der Waals surface area contributed by atoms with Gasteiger partial charge in [0, 0.05) is 5.69 Å². The standard InChI is InChI=1S/C21H21N5O3/c1-12-4-7-15(8-5-12)22-17(27)11-25-19-18(23-24-25)20(28)26(21(19)29)16-9-6-13(2)14(3)10-16/h4-10,18-19H,11H2,1-3H3,(H,22,27)/t18-,19-/m0/s1. The monoisotopic (exact) mass is 391 g/mol. The highest BCUT2D eigenvalue weighted by atomic mass is 16.2. The minimum Gasteiger partial charge on any atom is -0.324 e. The zero-order valence-electron chi connectivity index (χ0n) is 16.4. The molecule has 2 heterocycles. The Balaban J connectivity index is 1.49. The Morgan fingerprint density at radius 1 is 1.00 bits per heavy atom. The van der Waals surface area contributed by atoms with E-state index in [0.29, 0.717) is 11.4 Å². The molecule has 1 N–H and O–H groups in total. The number of nitrogens with zero attached hydrogens (tertiary/aromatic N) is 4. The van der Waals surface area contributed by atoms with Crippen molar-refractivity contribution in [3.63, 3.8) is 0 Å². The van der Waals surface area contributed by atoms with Crippen molar-refractivity contribution in [3.8, 4) is 0 Å². The van der Waals surface area contributed by atoms with Crippen LogP contribution in [0.2, 0.25) is 0 Å². The van der Waals surface area contributed by atoms with Gasteiger partial charge in [0.05, 0.1) is 5.69 Å². The molecule has 0 unspecified atom stereocenters. The van der Waals surface area contributed by atoms with Crippen LogP contribution in [0.3, 0.4) is 0 Å². The largest absolute Gasteiger partial charge is 0.324 e. The van der Waals surface area contributed by atoms with Gasteiger partial charge in [0.1, 0.15) is 6.54 Å². The van der Waals surface area contributed by atoms with Crippen LogP contribution in [-0.2, 0) is 14.4 Å². The summed E-state index contributed by atoms with van der Waals surface area (Å²) >= 11 is 0. The third-order valence-corrected chi connectivity index (χ3v) is 5.25. The number of hydrogen-bond donors (Lipinski definition) is 1. The van der Waals surface area contributed by atoms with Gasteiger partial charge in [-0.25, -0.2) is 4.90 Å². The lowest BCUT2D eigenvalue weighted by Crippen LogP contribution is -2.43. The third kappa shape index (κ3) is 3.37. The number of hydrogen-bond acceptors (Lipinski definition) is 6. The number of amides is 3. The summed E-state index contributed by atoms with van der Waals surface area (Å²) in [7, 11) is 0. The van der Waals surface area contributed by atoms with Gasteiger partial charge in [-0.1, -0.05) is 29.0 Å². The Morgan fingerprint density at radius 3 is 2.41 bits per heavy atom. The van der Waals surface area contributed by atoms with Gasteiger partial charge in [0.2, 0.25) is 5.91 Å². The first-order valence-corrected chi connectivity index (χ1v) is 9.34. The van der Waals surface area contributed by atoms with Crippen LogP contribution in [0.4, 0.5) is 11.4 Å². The second kappa shape index (κ2) is 7.12. The van der Waals surface area contributed by atoms with E-state index < -0.39 is 23.9 Å². The smallest absolute Gasteiger partial charge is 0.263 e. The van der Waals surface area contributed by atoms with Gasteiger partial charge in [-0.3, -0.25) is 19.4 Å². The second-order valence-corrected chi connectivity index (χ2v) is 7.39. The highest BCUT2D eigenvalue weighted by molar-refractivity contribution is 6.25. The van der Waals surface area contributed by atoms with Crippen molar-refractivity contribution in [2.75, 3.05) is 16.8 Å². The lowest BCUT2D eigenvalue weighted by atomic mass is 10.1. The van der Waals surface area contributed by atoms with E-state index in [1.165, 1.54) is 5.01 Å². The summed E-state index contributed by atoms with van der Waals surface area (Å²) in [6, 6.07) is 11.0. The van der Waals surface area contributed by atoms with E-state index in [1.807, 2.05) is 39.0 Å². The van der Waals surface area contributed by atoms with Crippen LogP contribution in [0.1, 0.15) is 16.7 Å². The first-order valence-electron chi connectivity index (χ1n) is 9.34. The van der Waals surface area contributed by atoms with Crippen LogP contribution in [0.25, 0.3) is 0 Å². The predicted molar refractivity (Wildman–Crippen MR) is 107 cm³/mol. The van der Waals surface area contributed by atoms with Gasteiger partial charge in [0.25, 0.3) is 11.8 Å². The van der Waals surface area contributed by atoms with E-state index in [-0.39, 0.29) is 12.5 Å². The topological polar surface area (TPSA) is 94.4 Å². The normalized spacial score (nSPS) is 20.4. The average molecular weight is 391 g/mol. The van der Waals surface area contributed by atoms with Crippen molar-refractivity contribution in [1.82, 2.24) is 5.01 Å². The van der Waals surface area contributed by atoms with Crippen molar-refractivity contribution in [3.05, 3.63) is 59.2 Å². The molecule has 2 aromatic carbocycles. The molecule has 8 heteroatoms. The summed E-state index contributed by atoms with van der Waals surface area (Å²) in [4.78, 5) is 39.3. The first-order chi connectivity index (χ1) is 13.8. The van der Waals surface area contributed by atoms with Crippen LogP contribution in [0, 0.1) is 20.8 Å². The molecule has 8 nitrogen and oxygen atoms in total. The molecule has 0 aliphatic carbocycles. The Labute approximate surface area is 168 Å². The number of carbonyl (C=O) groups is 3. The summed E-state index contributed by atoms with van der Waals surface area (Å²) in [5.41, 5.74) is 4.30. The number of imide groups is 1. The molecule has 1 fully saturated rings. The van der Waals surface area contributed by atoms with Gasteiger partial charge in [-0.2, -0.15) is 5.11 Å². The molecule has 29 heavy (non-hydrogen) atoms. The molecule has 3 amide bonds. The molecular formula is C21H21N5O3. The lowest BCUT2D eigenvalue weighted by Gasteiger charge is -2.20. The number of rotatable bonds is 4. The molecule has 2 aromatic rings. The van der Waals surface area contributed by atoms with E-state index in [0.717, 1.165) is 21.6 Å². The van der Waals surface area contributed by atoms with E-state index >= 15 is 0 Å². The average Bonchev–Trinajstić information content (AvgIpc) is 3.20. The second-order valence-electron chi connectivity index (χ2n) is 7.39. The molecule has 1 saturated heterocycles. The van der Waals surface area contributed by atoms with Crippen LogP contribution in [0.5, 0.6) is 0 Å². The van der Waals surface area contributed by atoms with Crippen LogP contribution in [-0.4, -0.2) is 41.4 Å². The molecule has 2 aliphatic rings. The molecule has 2 aliphatic heterocycles. The fourth-order valence-corrected chi connectivity index (χ4v) is 3.46. The molecule has 0 radical (unpaired) electrons. The maximum absolute atomic E-state index is 13.0. The highest BCUT2D eigenvalue weighted by Gasteiger charge is 2.55. The lowest BCUT2D eigenvalue weighted by molar-refractivity contribution is -0.123. The summed E-state index contributed by atoms with van der Waals surface area (Å²) in [5.74, 6) is -1.18. The molecular weight excluding hydrogens is 370 g/mol. The number of aryl methyl sites for hydroxylation is 3. The van der Waals surface area contributed by atoms with Gasteiger partial charge >= 0.3 is 0 Å². The number of anilines is 2. The van der Waals surface area contributed by atoms with Crippen molar-refractivity contribution in [2.24, 2.45) is 10.3 Å². The van der Waals surface area contributed by atoms with Crippen LogP contribution < -0.4 is 10.2 Å². The van der Waals surface area contributed by atoms with Crippen molar-refractivity contribution in [2.45, 2.75) is 32.9 Å². The Morgan fingerprint density at radius 2 is 1.72 bits per heavy atom. The van der Waals surface area contributed by atoms with Gasteiger partial charge in [0.15, 0.2) is 12.1 Å². The summed E-state index contributed by atoms with van der Waals surface area (Å²) in [5, 5.41) is 11.9. The predicted octanol–water partition coefficient (Wildman–Crippen LogP) is 2.54. The van der Waals surface area contributed by atoms with E-state index in [2.05, 4.69) is 15.7 Å². The number of benzene rings is 2. The van der Waals surface area contributed by atoms with Crippen molar-refractivity contribution < 1.29 is 14.4 Å². The molecule has 4 rings (SSSR count). The molecule has 0 aromatic heterocycles. The quantitative estimate of drug-likeness (QED) is 0.811. The maximum Gasteiger partial charge on any atom is 0.263 e. The summed E-state index contributed by atoms with van der Waals surface area (Å²) in [6.45, 7) is 5.68. The number of carbonyl (C=O) groups excluding carboxylic acids is 3. The summed E-state index contributed by atoms with van der Waals surface area (Å²) in [6.07, 6.45) is 0. The van der Waals surface area contributed by atoms with Gasteiger partial charge in [-0.15, -0.1) is 0 Å². The Kier molecular flexibility index (Phi) is 4.62. The fourth-order valence-electron chi connectivity index (χ4n) is 3.46. The molecule has 0 bridgehead atoms. The van der Waals surface area contributed by atoms with Gasteiger partial charge < -0.3 is 5.32 Å². The third-order valence-electron chi connectivity index (χ3n) is 5.25. The van der Waals surface area contributed by atoms with E-state index in [9.17, 15) is 14.4 Å². The molecule has 0 spiro atoms. The van der Waals surface area contributed by atoms with E-state index in [4.69, 9.17) is 0 Å². The van der Waals surface area contributed by atoms with Crippen LogP contribution >= 0.6 is 0 Å². The maximum atomic E-state index is 13.0. The molecule has 148 valence electrons. The zero-order valence-corrected chi connectivity index (χ0v) is 16.4. The minimum absolute atomic E-state index is 0.168. The Hall–Kier alpha value is -3.55. The Bertz CT molecular complexity index is 1030. The van der Waals surface area contributed by atoms with Crippen molar-refractivity contribution >= 4 is 29.1 Å². The molecule has 2 atom stereocenters. The number of fused-ring (bicyclic) bond motifs is 1. The van der Waals surface area contributed by atoms with E-state index in [1.54, 1.807) is 24.3 Å². The molecule has 0 saturated carbocycles. The minimum atomic E-state index is -0.920. The first kappa shape index (κ1) is 18.8. The van der Waals surface area contributed by atoms with Crippen molar-refractivity contribution in [1.29, 1.82) is 0 Å². The SMILES string of the molecule is Cc1ccc(NC(=O)CN2N=N[C@@H]3C(=O)N(c4ccc(C)c(C)c4)C(=O)[C@H]32)cc1. The highest BCUT2D eigenvalue weighted by Crippen LogP contribution is 2.32. The van der Waals surface area contributed by atoms with Gasteiger partial charge in [-0.05, 0) is 56.2 Å². The van der Waals surface area contributed by atoms with Crippen LogP contribution in [0.15, 0.2) is 52.8 Å². The fraction of sp³-hybridized carbons (Fsp3) is 0.286. The number of nitrogens with one attached hydrogen (secondary N) is 1.